The quantitative estimate of drug-likeness (QED) is 0.707. The molecule has 8 nitrogen and oxygen atoms in total. The van der Waals surface area contributed by atoms with Crippen LogP contribution in [0.15, 0.2) is 24.3 Å². The number of carbonyl (C=O) groups is 3. The monoisotopic (exact) mass is 419 g/mol. The Hall–Kier alpha value is -2.77. The van der Waals surface area contributed by atoms with Crippen molar-refractivity contribution >= 4 is 17.9 Å². The lowest BCUT2D eigenvalue weighted by molar-refractivity contribution is -0.131. The number of nitrogens with one attached hydrogen (secondary N) is 2. The second kappa shape index (κ2) is 10.8. The number of nitrogens with zero attached hydrogens (tertiary/aromatic N) is 1. The number of likely N-dealkylation sites (tertiary alicyclic amines) is 1. The average molecular weight is 420 g/mol. The second-order valence-electron chi connectivity index (χ2n) is 8.39. The maximum absolute atomic E-state index is 12.6. The third-order valence-electron chi connectivity index (χ3n) is 4.77. The van der Waals surface area contributed by atoms with E-state index in [1.807, 2.05) is 29.2 Å². The molecule has 0 atom stereocenters. The Morgan fingerprint density at radius 2 is 1.80 bits per heavy atom. The predicted octanol–water partition coefficient (Wildman–Crippen LogP) is 2.26. The molecule has 0 aromatic heterocycles. The van der Waals surface area contributed by atoms with Crippen LogP contribution in [0.3, 0.4) is 0 Å². The van der Waals surface area contributed by atoms with E-state index < -0.39 is 11.7 Å². The molecule has 0 aliphatic carbocycles. The summed E-state index contributed by atoms with van der Waals surface area (Å²) in [6.07, 6.45) is 1.38. The third kappa shape index (κ3) is 7.93. The van der Waals surface area contributed by atoms with Gasteiger partial charge in [0.2, 0.25) is 11.8 Å². The summed E-state index contributed by atoms with van der Waals surface area (Å²) < 4.78 is 10.4. The zero-order chi connectivity index (χ0) is 22.1. The number of alkyl carbamates (subject to hydrolysis) is 1. The highest BCUT2D eigenvalue weighted by Gasteiger charge is 2.24. The summed E-state index contributed by atoms with van der Waals surface area (Å²) in [5.41, 5.74) is 0.307. The lowest BCUT2D eigenvalue weighted by Gasteiger charge is -2.32. The van der Waals surface area contributed by atoms with Crippen molar-refractivity contribution in [2.45, 2.75) is 58.1 Å². The van der Waals surface area contributed by atoms with Gasteiger partial charge in [-0.15, -0.1) is 0 Å². The van der Waals surface area contributed by atoms with Gasteiger partial charge in [0.15, 0.2) is 0 Å². The van der Waals surface area contributed by atoms with E-state index in [0.717, 1.165) is 5.56 Å². The van der Waals surface area contributed by atoms with E-state index in [9.17, 15) is 14.4 Å². The van der Waals surface area contributed by atoms with E-state index >= 15 is 0 Å². The first-order valence-electron chi connectivity index (χ1n) is 10.3. The fourth-order valence-electron chi connectivity index (χ4n) is 3.29. The predicted molar refractivity (Wildman–Crippen MR) is 113 cm³/mol. The van der Waals surface area contributed by atoms with Crippen molar-refractivity contribution in [3.63, 3.8) is 0 Å². The first kappa shape index (κ1) is 23.5. The normalized spacial score (nSPS) is 14.7. The van der Waals surface area contributed by atoms with Crippen LogP contribution in [0.4, 0.5) is 4.79 Å². The molecular weight excluding hydrogens is 386 g/mol. The Kier molecular flexibility index (Phi) is 8.50. The highest BCUT2D eigenvalue weighted by atomic mass is 16.6. The van der Waals surface area contributed by atoms with Gasteiger partial charge in [-0.1, -0.05) is 18.2 Å². The molecule has 1 aromatic carbocycles. The van der Waals surface area contributed by atoms with E-state index in [2.05, 4.69) is 10.6 Å². The number of ether oxygens (including phenoxy) is 2. The maximum atomic E-state index is 12.6. The molecule has 30 heavy (non-hydrogen) atoms. The first-order chi connectivity index (χ1) is 14.2. The molecule has 1 heterocycles. The molecule has 0 unspecified atom stereocenters. The van der Waals surface area contributed by atoms with Gasteiger partial charge in [-0.05, 0) is 39.7 Å². The highest BCUT2D eigenvalue weighted by Crippen LogP contribution is 2.20. The minimum absolute atomic E-state index is 0.0364. The molecule has 2 rings (SSSR count). The number of para-hydroxylation sites is 1. The zero-order valence-electron chi connectivity index (χ0n) is 18.3. The number of piperidine rings is 1. The average Bonchev–Trinajstić information content (AvgIpc) is 2.67. The number of carbonyl (C=O) groups excluding carboxylic acids is 3. The standard InChI is InChI=1S/C22H33N3O5/c1-22(2,3)30-21(28)23-12-9-19(26)24-17-10-13-25(14-11-17)20(27)15-16-7-5-6-8-18(16)29-4/h5-8,17H,9-15H2,1-4H3,(H,23,28)(H,24,26). The molecule has 3 amide bonds. The van der Waals surface area contributed by atoms with E-state index in [-0.39, 0.29) is 30.8 Å². The lowest BCUT2D eigenvalue weighted by atomic mass is 10.0. The first-order valence-corrected chi connectivity index (χ1v) is 10.3. The van der Waals surface area contributed by atoms with Gasteiger partial charge >= 0.3 is 6.09 Å². The van der Waals surface area contributed by atoms with Crippen molar-refractivity contribution in [2.75, 3.05) is 26.7 Å². The van der Waals surface area contributed by atoms with Crippen molar-refractivity contribution in [3.8, 4) is 5.75 Å². The van der Waals surface area contributed by atoms with Gasteiger partial charge < -0.3 is 25.0 Å². The van der Waals surface area contributed by atoms with Crippen molar-refractivity contribution in [2.24, 2.45) is 0 Å². The molecule has 0 saturated carbocycles. The number of amides is 3. The van der Waals surface area contributed by atoms with Gasteiger partial charge in [0.1, 0.15) is 11.4 Å². The van der Waals surface area contributed by atoms with Gasteiger partial charge in [0.25, 0.3) is 0 Å². The Bertz CT molecular complexity index is 737. The van der Waals surface area contributed by atoms with Crippen molar-refractivity contribution < 1.29 is 23.9 Å². The van der Waals surface area contributed by atoms with Crippen LogP contribution in [-0.4, -0.2) is 61.2 Å². The third-order valence-corrected chi connectivity index (χ3v) is 4.77. The summed E-state index contributed by atoms with van der Waals surface area (Å²) in [4.78, 5) is 38.1. The van der Waals surface area contributed by atoms with Gasteiger partial charge in [-0.3, -0.25) is 9.59 Å². The van der Waals surface area contributed by atoms with Crippen LogP contribution >= 0.6 is 0 Å². The molecule has 2 N–H and O–H groups in total. The number of rotatable bonds is 7. The van der Waals surface area contributed by atoms with Crippen molar-refractivity contribution in [1.82, 2.24) is 15.5 Å². The van der Waals surface area contributed by atoms with E-state index in [1.54, 1.807) is 27.9 Å². The summed E-state index contributed by atoms with van der Waals surface area (Å²) in [6.45, 7) is 6.79. The van der Waals surface area contributed by atoms with E-state index in [4.69, 9.17) is 9.47 Å². The number of benzene rings is 1. The largest absolute Gasteiger partial charge is 0.496 e. The minimum atomic E-state index is -0.566. The van der Waals surface area contributed by atoms with E-state index in [0.29, 0.717) is 38.1 Å². The summed E-state index contributed by atoms with van der Waals surface area (Å²) >= 11 is 0. The maximum Gasteiger partial charge on any atom is 0.407 e. The molecular formula is C22H33N3O5. The van der Waals surface area contributed by atoms with Gasteiger partial charge in [0.05, 0.1) is 13.5 Å². The topological polar surface area (TPSA) is 97.0 Å². The summed E-state index contributed by atoms with van der Waals surface area (Å²) in [5, 5.41) is 5.56. The SMILES string of the molecule is COc1ccccc1CC(=O)N1CCC(NC(=O)CCNC(=O)OC(C)(C)C)CC1. The summed E-state index contributed by atoms with van der Waals surface area (Å²) in [6, 6.07) is 7.56. The number of hydrogen-bond acceptors (Lipinski definition) is 5. The van der Waals surface area contributed by atoms with E-state index in [1.165, 1.54) is 0 Å². The molecule has 8 heteroatoms. The Morgan fingerprint density at radius 3 is 2.43 bits per heavy atom. The molecule has 1 saturated heterocycles. The Labute approximate surface area is 178 Å². The molecule has 0 spiro atoms. The van der Waals surface area contributed by atoms with Gasteiger partial charge in [0, 0.05) is 37.7 Å². The van der Waals surface area contributed by atoms with Gasteiger partial charge in [-0.25, -0.2) is 4.79 Å². The Morgan fingerprint density at radius 1 is 1.13 bits per heavy atom. The molecule has 1 aromatic rings. The molecule has 0 radical (unpaired) electrons. The Balaban J connectivity index is 1.68. The zero-order valence-corrected chi connectivity index (χ0v) is 18.3. The smallest absolute Gasteiger partial charge is 0.407 e. The van der Waals surface area contributed by atoms with Crippen molar-refractivity contribution in [3.05, 3.63) is 29.8 Å². The highest BCUT2D eigenvalue weighted by molar-refractivity contribution is 5.80. The van der Waals surface area contributed by atoms with Crippen molar-refractivity contribution in [1.29, 1.82) is 0 Å². The summed E-state index contributed by atoms with van der Waals surface area (Å²) in [7, 11) is 1.60. The number of hydrogen-bond donors (Lipinski definition) is 2. The fourth-order valence-corrected chi connectivity index (χ4v) is 3.29. The summed E-state index contributed by atoms with van der Waals surface area (Å²) in [5.74, 6) is 0.656. The van der Waals surface area contributed by atoms with Crippen LogP contribution in [0, 0.1) is 0 Å². The molecule has 1 aliphatic heterocycles. The van der Waals surface area contributed by atoms with Crippen LogP contribution in [0.25, 0.3) is 0 Å². The molecule has 1 fully saturated rings. The van der Waals surface area contributed by atoms with Gasteiger partial charge in [-0.2, -0.15) is 0 Å². The van der Waals surface area contributed by atoms with Crippen LogP contribution in [0.2, 0.25) is 0 Å². The minimum Gasteiger partial charge on any atom is -0.496 e. The molecule has 0 bridgehead atoms. The molecule has 166 valence electrons. The van der Waals surface area contributed by atoms with Crippen LogP contribution in [-0.2, 0) is 20.7 Å². The van der Waals surface area contributed by atoms with Crippen LogP contribution in [0.5, 0.6) is 5.75 Å². The second-order valence-corrected chi connectivity index (χ2v) is 8.39. The lowest BCUT2D eigenvalue weighted by Crippen LogP contribution is -2.47. The molecule has 1 aliphatic rings. The van der Waals surface area contributed by atoms with Crippen LogP contribution < -0.4 is 15.4 Å². The van der Waals surface area contributed by atoms with Crippen LogP contribution in [0.1, 0.15) is 45.6 Å². The number of methoxy groups -OCH3 is 1. The fraction of sp³-hybridized carbons (Fsp3) is 0.591.